The summed E-state index contributed by atoms with van der Waals surface area (Å²) < 4.78 is 59.7. The Bertz CT molecular complexity index is 363. The molecule has 2 N–H and O–H groups in total. The van der Waals surface area contributed by atoms with E-state index in [1.54, 1.807) is 4.72 Å². The molecule has 0 aliphatic heterocycles. The Hall–Kier alpha value is -0.830. The van der Waals surface area contributed by atoms with Gasteiger partial charge in [-0.15, -0.1) is 0 Å². The van der Waals surface area contributed by atoms with Crippen LogP contribution in [0.3, 0.4) is 0 Å². The maximum atomic E-state index is 11.8. The van der Waals surface area contributed by atoms with Crippen molar-refractivity contribution in [3.63, 3.8) is 0 Å². The van der Waals surface area contributed by atoms with Crippen LogP contribution in [0.2, 0.25) is 0 Å². The van der Waals surface area contributed by atoms with E-state index < -0.39 is 46.3 Å². The number of sulfonamides is 1. The van der Waals surface area contributed by atoms with Gasteiger partial charge in [-0.1, -0.05) is 13.8 Å². The second-order valence-electron chi connectivity index (χ2n) is 3.86. The molecule has 0 saturated heterocycles. The Kier molecular flexibility index (Phi) is 5.40. The number of hydrogen-bond donors (Lipinski definition) is 2. The van der Waals surface area contributed by atoms with E-state index in [4.69, 9.17) is 5.11 Å². The van der Waals surface area contributed by atoms with Gasteiger partial charge < -0.3 is 5.11 Å². The molecule has 0 rings (SSSR count). The largest absolute Gasteiger partial charge is 0.480 e. The minimum absolute atomic E-state index is 0.562. The normalized spacial score (nSPS) is 14.9. The van der Waals surface area contributed by atoms with E-state index in [9.17, 15) is 26.4 Å². The summed E-state index contributed by atoms with van der Waals surface area (Å²) in [4.78, 5) is 10.7. The van der Waals surface area contributed by atoms with Crippen molar-refractivity contribution in [2.45, 2.75) is 32.5 Å². The second-order valence-corrected chi connectivity index (χ2v) is 5.74. The highest BCUT2D eigenvalue weighted by atomic mass is 32.2. The number of carboxylic acid groups (broad SMARTS) is 1. The van der Waals surface area contributed by atoms with Crippen molar-refractivity contribution < 1.29 is 31.5 Å². The molecule has 1 atom stereocenters. The zero-order chi connectivity index (χ0) is 13.9. The Morgan fingerprint density at radius 1 is 1.35 bits per heavy atom. The van der Waals surface area contributed by atoms with Crippen LogP contribution in [0.25, 0.3) is 0 Å². The first kappa shape index (κ1) is 16.2. The first-order valence-corrected chi connectivity index (χ1v) is 6.39. The van der Waals surface area contributed by atoms with Gasteiger partial charge in [0.05, 0.1) is 12.2 Å². The van der Waals surface area contributed by atoms with Crippen molar-refractivity contribution in [3.8, 4) is 0 Å². The van der Waals surface area contributed by atoms with Crippen LogP contribution < -0.4 is 4.72 Å². The second kappa shape index (κ2) is 5.67. The summed E-state index contributed by atoms with van der Waals surface area (Å²) in [5.41, 5.74) is 0. The zero-order valence-electron chi connectivity index (χ0n) is 9.28. The SMILES string of the molecule is CC(C)[C@@H](NS(=O)(=O)CCC(F)(F)F)C(=O)O. The highest BCUT2D eigenvalue weighted by Gasteiger charge is 2.32. The van der Waals surface area contributed by atoms with Crippen LogP contribution >= 0.6 is 0 Å². The highest BCUT2D eigenvalue weighted by molar-refractivity contribution is 7.89. The van der Waals surface area contributed by atoms with Gasteiger partial charge >= 0.3 is 12.1 Å². The van der Waals surface area contributed by atoms with E-state index >= 15 is 0 Å². The Morgan fingerprint density at radius 2 is 1.82 bits per heavy atom. The minimum Gasteiger partial charge on any atom is -0.480 e. The molecule has 0 aromatic carbocycles. The van der Waals surface area contributed by atoms with E-state index in [1.807, 2.05) is 0 Å². The quantitative estimate of drug-likeness (QED) is 0.757. The molecule has 0 fully saturated rings. The first-order valence-electron chi connectivity index (χ1n) is 4.74. The molecule has 0 radical (unpaired) electrons. The number of hydrogen-bond acceptors (Lipinski definition) is 3. The van der Waals surface area contributed by atoms with Gasteiger partial charge in [0, 0.05) is 0 Å². The summed E-state index contributed by atoms with van der Waals surface area (Å²) >= 11 is 0. The van der Waals surface area contributed by atoms with Crippen molar-refractivity contribution in [1.82, 2.24) is 4.72 Å². The smallest absolute Gasteiger partial charge is 0.390 e. The highest BCUT2D eigenvalue weighted by Crippen LogP contribution is 2.20. The molecular weight excluding hydrogens is 263 g/mol. The van der Waals surface area contributed by atoms with Gasteiger partial charge in [-0.2, -0.15) is 13.2 Å². The molecule has 0 unspecified atom stereocenters. The molecule has 0 heterocycles. The molecule has 0 aliphatic carbocycles. The number of aliphatic carboxylic acids is 1. The van der Waals surface area contributed by atoms with E-state index in [2.05, 4.69) is 0 Å². The van der Waals surface area contributed by atoms with E-state index in [0.29, 0.717) is 0 Å². The van der Waals surface area contributed by atoms with Gasteiger partial charge in [0.2, 0.25) is 10.0 Å². The monoisotopic (exact) mass is 277 g/mol. The molecule has 0 amide bonds. The third-order valence-electron chi connectivity index (χ3n) is 1.89. The molecule has 0 aromatic heterocycles. The molecule has 0 bridgehead atoms. The molecule has 0 aromatic rings. The molecule has 0 aliphatic rings. The van der Waals surface area contributed by atoms with Gasteiger partial charge in [0.1, 0.15) is 6.04 Å². The molecule has 9 heteroatoms. The zero-order valence-corrected chi connectivity index (χ0v) is 10.1. The summed E-state index contributed by atoms with van der Waals surface area (Å²) in [6, 6.07) is -1.42. The summed E-state index contributed by atoms with van der Waals surface area (Å²) in [6.07, 6.45) is -6.10. The summed E-state index contributed by atoms with van der Waals surface area (Å²) in [7, 11) is -4.25. The number of carbonyl (C=O) groups is 1. The van der Waals surface area contributed by atoms with Crippen LogP contribution in [-0.4, -0.2) is 37.5 Å². The standard InChI is InChI=1S/C8H14F3NO4S/c1-5(2)6(7(13)14)12-17(15,16)4-3-8(9,10)11/h5-6,12H,3-4H2,1-2H3,(H,13,14)/t6-/m1/s1. The number of nitrogens with one attached hydrogen (secondary N) is 1. The van der Waals surface area contributed by atoms with Crippen molar-refractivity contribution in [1.29, 1.82) is 0 Å². The van der Waals surface area contributed by atoms with Gasteiger partial charge in [-0.05, 0) is 5.92 Å². The number of rotatable bonds is 6. The maximum Gasteiger partial charge on any atom is 0.390 e. The van der Waals surface area contributed by atoms with Crippen molar-refractivity contribution in [3.05, 3.63) is 0 Å². The lowest BCUT2D eigenvalue weighted by Crippen LogP contribution is -2.45. The van der Waals surface area contributed by atoms with E-state index in [1.165, 1.54) is 13.8 Å². The van der Waals surface area contributed by atoms with E-state index in [-0.39, 0.29) is 0 Å². The Balaban J connectivity index is 4.58. The summed E-state index contributed by atoms with van der Waals surface area (Å²) in [5, 5.41) is 8.69. The summed E-state index contributed by atoms with van der Waals surface area (Å²) in [6.45, 7) is 2.90. The minimum atomic E-state index is -4.59. The number of alkyl halides is 3. The molecular formula is C8H14F3NO4S. The third-order valence-corrected chi connectivity index (χ3v) is 3.25. The van der Waals surface area contributed by atoms with Crippen LogP contribution in [0.5, 0.6) is 0 Å². The Labute approximate surface area is 97.1 Å². The number of halogens is 3. The van der Waals surface area contributed by atoms with E-state index in [0.717, 1.165) is 0 Å². The van der Waals surface area contributed by atoms with Crippen LogP contribution in [0.4, 0.5) is 13.2 Å². The molecule has 0 saturated carbocycles. The van der Waals surface area contributed by atoms with Crippen molar-refractivity contribution >= 4 is 16.0 Å². The van der Waals surface area contributed by atoms with Gasteiger partial charge in [0.25, 0.3) is 0 Å². The van der Waals surface area contributed by atoms with Crippen LogP contribution in [0.15, 0.2) is 0 Å². The summed E-state index contributed by atoms with van der Waals surface area (Å²) in [5.74, 6) is -3.16. The number of carboxylic acids is 1. The maximum absolute atomic E-state index is 11.8. The Morgan fingerprint density at radius 3 is 2.12 bits per heavy atom. The fraction of sp³-hybridized carbons (Fsp3) is 0.875. The van der Waals surface area contributed by atoms with Crippen LogP contribution in [0.1, 0.15) is 20.3 Å². The predicted molar refractivity (Wildman–Crippen MR) is 53.9 cm³/mol. The third kappa shape index (κ3) is 7.16. The molecule has 17 heavy (non-hydrogen) atoms. The van der Waals surface area contributed by atoms with Crippen LogP contribution in [-0.2, 0) is 14.8 Å². The van der Waals surface area contributed by atoms with Crippen molar-refractivity contribution in [2.24, 2.45) is 5.92 Å². The van der Waals surface area contributed by atoms with Crippen LogP contribution in [0, 0.1) is 5.92 Å². The average molecular weight is 277 g/mol. The fourth-order valence-corrected chi connectivity index (χ4v) is 2.35. The topological polar surface area (TPSA) is 83.5 Å². The lowest BCUT2D eigenvalue weighted by atomic mass is 10.1. The van der Waals surface area contributed by atoms with Gasteiger partial charge in [-0.25, -0.2) is 13.1 Å². The fourth-order valence-electron chi connectivity index (χ4n) is 0.974. The lowest BCUT2D eigenvalue weighted by Gasteiger charge is -2.18. The van der Waals surface area contributed by atoms with Crippen molar-refractivity contribution in [2.75, 3.05) is 5.75 Å². The first-order chi connectivity index (χ1) is 7.44. The average Bonchev–Trinajstić information content (AvgIpc) is 2.09. The van der Waals surface area contributed by atoms with Gasteiger partial charge in [-0.3, -0.25) is 4.79 Å². The molecule has 0 spiro atoms. The molecule has 5 nitrogen and oxygen atoms in total. The molecule has 102 valence electrons. The van der Waals surface area contributed by atoms with Gasteiger partial charge in [0.15, 0.2) is 0 Å². The lowest BCUT2D eigenvalue weighted by molar-refractivity contribution is -0.140. The predicted octanol–water partition coefficient (Wildman–Crippen LogP) is 0.967.